The molecule has 3 aromatic rings. The number of carbonyl (C=O) groups excluding carboxylic acids is 1. The molecule has 2 aromatic heterocycles. The number of para-hydroxylation sites is 1. The fraction of sp³-hybridized carbons (Fsp3) is 0.318. The lowest BCUT2D eigenvalue weighted by molar-refractivity contribution is 0.00752. The van der Waals surface area contributed by atoms with Crippen molar-refractivity contribution in [2.75, 3.05) is 0 Å². The van der Waals surface area contributed by atoms with Crippen LogP contribution in [0.25, 0.3) is 0 Å². The van der Waals surface area contributed by atoms with Crippen molar-refractivity contribution >= 4 is 23.5 Å². The number of aryl methyl sites for hydroxylation is 2. The van der Waals surface area contributed by atoms with E-state index in [9.17, 15) is 4.79 Å². The van der Waals surface area contributed by atoms with E-state index in [1.54, 1.807) is 17.0 Å². The summed E-state index contributed by atoms with van der Waals surface area (Å²) in [5, 5.41) is 8.45. The second-order valence-corrected chi connectivity index (χ2v) is 8.79. The van der Waals surface area contributed by atoms with Gasteiger partial charge in [0.1, 0.15) is 16.2 Å². The Labute approximate surface area is 179 Å². The van der Waals surface area contributed by atoms with Crippen LogP contribution in [-0.4, -0.2) is 27.6 Å². The monoisotopic (exact) mass is 427 g/mol. The molecule has 0 spiro atoms. The molecule has 0 radical (unpaired) electrons. The van der Waals surface area contributed by atoms with Crippen LogP contribution in [0.3, 0.4) is 0 Å². The van der Waals surface area contributed by atoms with Gasteiger partial charge in [-0.3, -0.25) is 0 Å². The third-order valence-corrected chi connectivity index (χ3v) is 4.94. The summed E-state index contributed by atoms with van der Waals surface area (Å²) in [6.07, 6.45) is 1.59. The minimum atomic E-state index is -0.525. The number of esters is 1. The van der Waals surface area contributed by atoms with Crippen molar-refractivity contribution in [1.29, 1.82) is 0 Å². The van der Waals surface area contributed by atoms with Crippen molar-refractivity contribution in [1.82, 2.24) is 9.78 Å². The maximum Gasteiger partial charge on any atom is 0.348 e. The topological polar surface area (TPSA) is 74.9 Å². The highest BCUT2D eigenvalue weighted by Crippen LogP contribution is 2.26. The second-order valence-electron chi connectivity index (χ2n) is 7.62. The smallest absolute Gasteiger partial charge is 0.348 e. The first-order chi connectivity index (χ1) is 14.2. The predicted octanol–water partition coefficient (Wildman–Crippen LogP) is 5.09. The molecular formula is C22H25N3O4S. The lowest BCUT2D eigenvalue weighted by atomic mass is 10.2. The molecule has 0 aliphatic rings. The van der Waals surface area contributed by atoms with Gasteiger partial charge in [0.2, 0.25) is 5.88 Å². The zero-order valence-electron chi connectivity index (χ0n) is 17.7. The lowest BCUT2D eigenvalue weighted by Gasteiger charge is -2.18. The van der Waals surface area contributed by atoms with E-state index in [0.29, 0.717) is 16.5 Å². The zero-order chi connectivity index (χ0) is 21.7. The van der Waals surface area contributed by atoms with Gasteiger partial charge >= 0.3 is 5.97 Å². The summed E-state index contributed by atoms with van der Waals surface area (Å²) in [6, 6.07) is 13.1. The van der Waals surface area contributed by atoms with Crippen LogP contribution in [0, 0.1) is 6.92 Å². The number of benzene rings is 1. The average molecular weight is 428 g/mol. The number of thiophene rings is 1. The molecule has 3 rings (SSSR count). The number of ether oxygens (including phenoxy) is 2. The first-order valence-electron chi connectivity index (χ1n) is 9.47. The summed E-state index contributed by atoms with van der Waals surface area (Å²) in [6.45, 7) is 7.65. The summed E-state index contributed by atoms with van der Waals surface area (Å²) < 4.78 is 13.0. The molecule has 8 heteroatoms. The van der Waals surface area contributed by atoms with E-state index in [4.69, 9.17) is 14.3 Å². The highest BCUT2D eigenvalue weighted by atomic mass is 32.1. The number of aromatic nitrogens is 2. The van der Waals surface area contributed by atoms with Crippen molar-refractivity contribution in [2.24, 2.45) is 12.2 Å². The van der Waals surface area contributed by atoms with Gasteiger partial charge in [-0.1, -0.05) is 23.4 Å². The van der Waals surface area contributed by atoms with Gasteiger partial charge in [0.25, 0.3) is 0 Å². The normalized spacial score (nSPS) is 11.6. The molecule has 0 saturated heterocycles. The number of hydrogen-bond acceptors (Lipinski definition) is 7. The second kappa shape index (κ2) is 9.13. The van der Waals surface area contributed by atoms with E-state index in [0.717, 1.165) is 16.1 Å². The Morgan fingerprint density at radius 1 is 1.20 bits per heavy atom. The van der Waals surface area contributed by atoms with Crippen LogP contribution in [-0.2, 0) is 23.2 Å². The summed E-state index contributed by atoms with van der Waals surface area (Å²) in [4.78, 5) is 18.9. The van der Waals surface area contributed by atoms with Crippen LogP contribution < -0.4 is 4.74 Å². The molecule has 0 N–H and O–H groups in total. The molecule has 158 valence electrons. The van der Waals surface area contributed by atoms with Crippen LogP contribution in [0.4, 0.5) is 0 Å². The van der Waals surface area contributed by atoms with Gasteiger partial charge in [0, 0.05) is 11.9 Å². The Bertz CT molecular complexity index is 1030. The lowest BCUT2D eigenvalue weighted by Crippen LogP contribution is -2.23. The van der Waals surface area contributed by atoms with E-state index in [1.807, 2.05) is 71.1 Å². The van der Waals surface area contributed by atoms with Gasteiger partial charge in [-0.25, -0.2) is 9.48 Å². The fourth-order valence-corrected chi connectivity index (χ4v) is 3.40. The SMILES string of the molecule is Cc1nn(C)c(Oc2ccccc2)c1C=NOCc1ccc(C(=O)OC(C)(C)C)s1. The third-order valence-electron chi connectivity index (χ3n) is 3.90. The molecule has 30 heavy (non-hydrogen) atoms. The molecule has 1 aromatic carbocycles. The zero-order valence-corrected chi connectivity index (χ0v) is 18.5. The van der Waals surface area contributed by atoms with Gasteiger partial charge < -0.3 is 14.3 Å². The maximum atomic E-state index is 12.1. The Hall–Kier alpha value is -3.13. The highest BCUT2D eigenvalue weighted by Gasteiger charge is 2.19. The number of hydrogen-bond donors (Lipinski definition) is 0. The molecule has 0 aliphatic carbocycles. The van der Waals surface area contributed by atoms with E-state index in [1.165, 1.54) is 11.3 Å². The van der Waals surface area contributed by atoms with Crippen molar-refractivity contribution in [3.63, 3.8) is 0 Å². The predicted molar refractivity (Wildman–Crippen MR) is 116 cm³/mol. The Balaban J connectivity index is 1.62. The highest BCUT2D eigenvalue weighted by molar-refractivity contribution is 7.13. The Morgan fingerprint density at radius 3 is 2.63 bits per heavy atom. The van der Waals surface area contributed by atoms with Gasteiger partial charge in [-0.15, -0.1) is 11.3 Å². The molecule has 0 bridgehead atoms. The van der Waals surface area contributed by atoms with E-state index >= 15 is 0 Å². The molecule has 0 atom stereocenters. The van der Waals surface area contributed by atoms with Crippen LogP contribution >= 0.6 is 11.3 Å². The quantitative estimate of drug-likeness (QED) is 0.298. The first kappa shape index (κ1) is 21.6. The molecule has 0 aliphatic heterocycles. The summed E-state index contributed by atoms with van der Waals surface area (Å²) in [5.74, 6) is 0.953. The molecular weight excluding hydrogens is 402 g/mol. The maximum absolute atomic E-state index is 12.1. The molecule has 0 unspecified atom stereocenters. The number of rotatable bonds is 7. The van der Waals surface area contributed by atoms with Gasteiger partial charge in [0.05, 0.1) is 17.5 Å². The van der Waals surface area contributed by atoms with Gasteiger partial charge in [0.15, 0.2) is 6.61 Å². The number of nitrogens with zero attached hydrogens (tertiary/aromatic N) is 3. The fourth-order valence-electron chi connectivity index (χ4n) is 2.61. The van der Waals surface area contributed by atoms with E-state index in [2.05, 4.69) is 10.3 Å². The molecule has 0 amide bonds. The summed E-state index contributed by atoms with van der Waals surface area (Å²) >= 11 is 1.33. The minimum absolute atomic E-state index is 0.248. The van der Waals surface area contributed by atoms with Crippen LogP contribution in [0.2, 0.25) is 0 Å². The van der Waals surface area contributed by atoms with Gasteiger partial charge in [-0.2, -0.15) is 5.10 Å². The molecule has 2 heterocycles. The van der Waals surface area contributed by atoms with Crippen LogP contribution in [0.5, 0.6) is 11.6 Å². The van der Waals surface area contributed by atoms with Crippen molar-refractivity contribution < 1.29 is 19.1 Å². The standard InChI is InChI=1S/C22H25N3O4S/c1-15-18(20(25(5)24-15)28-16-9-7-6-8-10-16)13-23-27-14-17-11-12-19(30-17)21(26)29-22(2,3)4/h6-13H,14H2,1-5H3. The largest absolute Gasteiger partial charge is 0.456 e. The summed E-state index contributed by atoms with van der Waals surface area (Å²) in [5.41, 5.74) is 0.990. The van der Waals surface area contributed by atoms with Crippen molar-refractivity contribution in [3.05, 3.63) is 63.5 Å². The minimum Gasteiger partial charge on any atom is -0.456 e. The molecule has 7 nitrogen and oxygen atoms in total. The van der Waals surface area contributed by atoms with Gasteiger partial charge in [-0.05, 0) is 52.0 Å². The van der Waals surface area contributed by atoms with Crippen molar-refractivity contribution in [3.8, 4) is 11.6 Å². The van der Waals surface area contributed by atoms with Crippen molar-refractivity contribution in [2.45, 2.75) is 39.9 Å². The third kappa shape index (κ3) is 5.70. The van der Waals surface area contributed by atoms with E-state index < -0.39 is 5.60 Å². The molecule has 0 fully saturated rings. The Morgan fingerprint density at radius 2 is 1.93 bits per heavy atom. The summed E-state index contributed by atoms with van der Waals surface area (Å²) in [7, 11) is 1.81. The molecule has 0 saturated carbocycles. The van der Waals surface area contributed by atoms with Crippen LogP contribution in [0.1, 0.15) is 46.6 Å². The number of carbonyl (C=O) groups is 1. The van der Waals surface area contributed by atoms with Crippen LogP contribution in [0.15, 0.2) is 47.6 Å². The first-order valence-corrected chi connectivity index (χ1v) is 10.3. The Kier molecular flexibility index (Phi) is 6.56. The number of oxime groups is 1. The average Bonchev–Trinajstić information content (AvgIpc) is 3.24. The van der Waals surface area contributed by atoms with E-state index in [-0.39, 0.29) is 12.6 Å².